The van der Waals surface area contributed by atoms with Crippen LogP contribution in [0.4, 0.5) is 0 Å². The van der Waals surface area contributed by atoms with Crippen molar-refractivity contribution in [1.82, 2.24) is 0 Å². The van der Waals surface area contributed by atoms with E-state index in [-0.39, 0.29) is 12.1 Å². The second kappa shape index (κ2) is 2.84. The van der Waals surface area contributed by atoms with E-state index >= 15 is 0 Å². The fourth-order valence-electron chi connectivity index (χ4n) is 1.46. The van der Waals surface area contributed by atoms with Crippen LogP contribution in [-0.4, -0.2) is 34.5 Å². The molecule has 0 unspecified atom stereocenters. The molecule has 0 heterocycles. The molecule has 1 rings (SSSR count). The molecule has 10 heavy (non-hydrogen) atoms. The summed E-state index contributed by atoms with van der Waals surface area (Å²) in [5.74, 6) is 0. The van der Waals surface area contributed by atoms with E-state index in [0.717, 1.165) is 6.42 Å². The molecule has 60 valence electrons. The average molecular weight is 148 g/mol. The molecule has 4 nitrogen and oxygen atoms in total. The highest BCUT2D eigenvalue weighted by Crippen LogP contribution is 2.14. The van der Waals surface area contributed by atoms with Crippen LogP contribution in [0.3, 0.4) is 0 Å². The van der Waals surface area contributed by atoms with Crippen molar-refractivity contribution in [2.45, 2.75) is 37.1 Å². The van der Waals surface area contributed by atoms with Gasteiger partial charge in [0, 0.05) is 6.42 Å². The zero-order chi connectivity index (χ0) is 7.72. The molecule has 8 N–H and O–H groups in total. The van der Waals surface area contributed by atoms with Crippen molar-refractivity contribution in [2.24, 2.45) is 0 Å². The minimum absolute atomic E-state index is 0.0498. The van der Waals surface area contributed by atoms with Crippen LogP contribution in [0, 0.1) is 0 Å². The van der Waals surface area contributed by atoms with Crippen LogP contribution >= 0.6 is 0 Å². The van der Waals surface area contributed by atoms with E-state index in [1.165, 1.54) is 0 Å². The van der Waals surface area contributed by atoms with Gasteiger partial charge in [-0.05, 0) is 0 Å². The van der Waals surface area contributed by atoms with Crippen LogP contribution in [0.1, 0.15) is 12.8 Å². The Bertz CT molecular complexity index is 108. The Morgan fingerprint density at radius 2 is 1.70 bits per heavy atom. The van der Waals surface area contributed by atoms with Crippen molar-refractivity contribution in [1.29, 1.82) is 0 Å². The minimum Gasteiger partial charge on any atom is -0.390 e. The molecule has 0 aromatic rings. The molecule has 4 heteroatoms. The predicted molar refractivity (Wildman–Crippen MR) is 34.6 cm³/mol. The largest absolute Gasteiger partial charge is 0.390 e. The predicted octanol–water partition coefficient (Wildman–Crippen LogP) is -3.28. The summed E-state index contributed by atoms with van der Waals surface area (Å²) in [5, 5.41) is 18.4. The molecule has 1 saturated carbocycles. The van der Waals surface area contributed by atoms with Crippen molar-refractivity contribution in [2.75, 3.05) is 0 Å². The van der Waals surface area contributed by atoms with Crippen LogP contribution in [0.15, 0.2) is 0 Å². The van der Waals surface area contributed by atoms with Crippen molar-refractivity contribution in [3.05, 3.63) is 0 Å². The lowest BCUT2D eigenvalue weighted by molar-refractivity contribution is -0.492. The lowest BCUT2D eigenvalue weighted by Gasteiger charge is -2.28. The van der Waals surface area contributed by atoms with Gasteiger partial charge in [0.25, 0.3) is 0 Å². The van der Waals surface area contributed by atoms with Gasteiger partial charge in [0.15, 0.2) is 0 Å². The first-order valence-electron chi connectivity index (χ1n) is 3.63. The summed E-state index contributed by atoms with van der Waals surface area (Å²) in [6, 6.07) is 0.201. The Morgan fingerprint density at radius 3 is 2.20 bits per heavy atom. The Kier molecular flexibility index (Phi) is 2.25. The molecular formula is C6H16N2O2+2. The second-order valence-electron chi connectivity index (χ2n) is 3.16. The average Bonchev–Trinajstić information content (AvgIpc) is 1.82. The van der Waals surface area contributed by atoms with Crippen LogP contribution in [-0.2, 0) is 0 Å². The van der Waals surface area contributed by atoms with Gasteiger partial charge in [-0.2, -0.15) is 0 Å². The maximum Gasteiger partial charge on any atom is 0.132 e. The molecule has 0 radical (unpaired) electrons. The summed E-state index contributed by atoms with van der Waals surface area (Å²) >= 11 is 0. The van der Waals surface area contributed by atoms with Crippen molar-refractivity contribution < 1.29 is 21.7 Å². The minimum atomic E-state index is -0.641. The van der Waals surface area contributed by atoms with E-state index in [2.05, 4.69) is 11.5 Å². The molecule has 0 aromatic carbocycles. The highest BCUT2D eigenvalue weighted by atomic mass is 16.3. The molecule has 0 aromatic heterocycles. The fraction of sp³-hybridized carbons (Fsp3) is 1.00. The summed E-state index contributed by atoms with van der Waals surface area (Å²) < 4.78 is 0. The third-order valence-electron chi connectivity index (χ3n) is 2.09. The van der Waals surface area contributed by atoms with Gasteiger partial charge in [-0.25, -0.2) is 0 Å². The summed E-state index contributed by atoms with van der Waals surface area (Å²) in [5.41, 5.74) is 7.55. The highest BCUT2D eigenvalue weighted by molar-refractivity contribution is 4.83. The quantitative estimate of drug-likeness (QED) is 0.290. The summed E-state index contributed by atoms with van der Waals surface area (Å²) in [6.07, 6.45) is 0.169. The standard InChI is InChI=1S/C6H14N2O2/c7-3-1-4(8)6(10)5(9)2-3/h3-6,9-10H,1-2,7-8H2/p+2/t3-,4+,5-,6-/m0/s1. The van der Waals surface area contributed by atoms with Gasteiger partial charge in [-0.1, -0.05) is 0 Å². The lowest BCUT2D eigenvalue weighted by Crippen LogP contribution is -2.77. The van der Waals surface area contributed by atoms with Gasteiger partial charge in [0.05, 0.1) is 18.6 Å². The van der Waals surface area contributed by atoms with Gasteiger partial charge in [0.2, 0.25) is 0 Å². The summed E-state index contributed by atoms with van der Waals surface area (Å²) in [6.45, 7) is 0. The Morgan fingerprint density at radius 1 is 1.10 bits per heavy atom. The number of aliphatic hydroxyl groups is 2. The Balaban J connectivity index is 2.49. The van der Waals surface area contributed by atoms with E-state index < -0.39 is 12.2 Å². The molecule has 4 atom stereocenters. The zero-order valence-electron chi connectivity index (χ0n) is 6.03. The van der Waals surface area contributed by atoms with Crippen LogP contribution in [0.5, 0.6) is 0 Å². The molecule has 1 aliphatic rings. The van der Waals surface area contributed by atoms with E-state index in [1.807, 2.05) is 0 Å². The van der Waals surface area contributed by atoms with Crippen molar-refractivity contribution in [3.8, 4) is 0 Å². The van der Waals surface area contributed by atoms with E-state index in [4.69, 9.17) is 0 Å². The van der Waals surface area contributed by atoms with Gasteiger partial charge in [0.1, 0.15) is 12.1 Å². The Labute approximate surface area is 59.8 Å². The number of hydrogen-bond donors (Lipinski definition) is 4. The number of rotatable bonds is 0. The molecule has 0 aliphatic heterocycles. The normalized spacial score (nSPS) is 49.2. The topological polar surface area (TPSA) is 95.7 Å². The van der Waals surface area contributed by atoms with Gasteiger partial charge < -0.3 is 21.7 Å². The molecule has 0 saturated heterocycles. The SMILES string of the molecule is [NH3+][C@H]1C[C@@H]([NH3+])[C@H](O)[C@@H](O)C1. The summed E-state index contributed by atoms with van der Waals surface area (Å²) in [4.78, 5) is 0. The molecular weight excluding hydrogens is 132 g/mol. The van der Waals surface area contributed by atoms with Crippen molar-refractivity contribution in [3.63, 3.8) is 0 Å². The first kappa shape index (κ1) is 7.94. The molecule has 0 amide bonds. The molecule has 0 spiro atoms. The number of quaternary nitrogens is 2. The maximum absolute atomic E-state index is 9.22. The zero-order valence-corrected chi connectivity index (χ0v) is 6.03. The summed E-state index contributed by atoms with van der Waals surface area (Å²) in [7, 11) is 0. The fourth-order valence-corrected chi connectivity index (χ4v) is 1.46. The van der Waals surface area contributed by atoms with Crippen LogP contribution in [0.25, 0.3) is 0 Å². The number of aliphatic hydroxyl groups excluding tert-OH is 2. The molecule has 0 bridgehead atoms. The lowest BCUT2D eigenvalue weighted by atomic mass is 9.87. The van der Waals surface area contributed by atoms with Crippen molar-refractivity contribution >= 4 is 0 Å². The van der Waals surface area contributed by atoms with Gasteiger partial charge in [-0.15, -0.1) is 0 Å². The third kappa shape index (κ3) is 1.46. The van der Waals surface area contributed by atoms with E-state index in [1.54, 1.807) is 0 Å². The first-order valence-corrected chi connectivity index (χ1v) is 3.63. The van der Waals surface area contributed by atoms with E-state index in [9.17, 15) is 10.2 Å². The third-order valence-corrected chi connectivity index (χ3v) is 2.09. The number of hydrogen-bond acceptors (Lipinski definition) is 2. The smallest absolute Gasteiger partial charge is 0.132 e. The van der Waals surface area contributed by atoms with Crippen LogP contribution < -0.4 is 11.5 Å². The van der Waals surface area contributed by atoms with Gasteiger partial charge in [-0.3, -0.25) is 0 Å². The van der Waals surface area contributed by atoms with E-state index in [0.29, 0.717) is 6.42 Å². The van der Waals surface area contributed by atoms with Gasteiger partial charge >= 0.3 is 0 Å². The maximum atomic E-state index is 9.22. The second-order valence-corrected chi connectivity index (χ2v) is 3.16. The molecule has 1 fully saturated rings. The molecule has 1 aliphatic carbocycles. The highest BCUT2D eigenvalue weighted by Gasteiger charge is 2.36. The van der Waals surface area contributed by atoms with Crippen LogP contribution in [0.2, 0.25) is 0 Å². The first-order chi connectivity index (χ1) is 4.61. The Hall–Kier alpha value is -0.160. The monoisotopic (exact) mass is 148 g/mol.